The molecule has 0 bridgehead atoms. The summed E-state index contributed by atoms with van der Waals surface area (Å²) in [7, 11) is 1.29. The summed E-state index contributed by atoms with van der Waals surface area (Å²) >= 11 is 0. The molecule has 80 valence electrons. The van der Waals surface area contributed by atoms with Gasteiger partial charge >= 0.3 is 6.18 Å². The van der Waals surface area contributed by atoms with Crippen LogP contribution in [0.5, 0.6) is 0 Å². The molecule has 1 nitrogen and oxygen atoms in total. The molecule has 0 spiro atoms. The third-order valence-electron chi connectivity index (χ3n) is 2.71. The summed E-state index contributed by atoms with van der Waals surface area (Å²) in [4.78, 5) is 0. The van der Waals surface area contributed by atoms with E-state index in [9.17, 15) is 13.2 Å². The minimum absolute atomic E-state index is 0.306. The summed E-state index contributed by atoms with van der Waals surface area (Å²) in [5, 5.41) is 0. The van der Waals surface area contributed by atoms with Gasteiger partial charge in [0.2, 0.25) is 0 Å². The maximum absolute atomic E-state index is 12.7. The lowest BCUT2D eigenvalue weighted by Crippen LogP contribution is -2.48. The third kappa shape index (κ3) is 2.36. The van der Waals surface area contributed by atoms with Gasteiger partial charge in [0, 0.05) is 7.11 Å². The number of alkyl halides is 3. The van der Waals surface area contributed by atoms with Crippen LogP contribution in [0.1, 0.15) is 27.7 Å². The standard InChI is InChI=1S/C9H17F3O/c1-7(2,3)8(4,6-13-5)9(10,11)12/h6H2,1-5H3. The summed E-state index contributed by atoms with van der Waals surface area (Å²) in [6, 6.07) is 0. The quantitative estimate of drug-likeness (QED) is 0.661. The van der Waals surface area contributed by atoms with Gasteiger partial charge in [0.25, 0.3) is 0 Å². The van der Waals surface area contributed by atoms with Crippen LogP contribution in [0, 0.1) is 10.8 Å². The van der Waals surface area contributed by atoms with E-state index in [0.717, 1.165) is 0 Å². The Kier molecular flexibility index (Phi) is 3.41. The van der Waals surface area contributed by atoms with Crippen molar-refractivity contribution in [1.82, 2.24) is 0 Å². The fourth-order valence-corrected chi connectivity index (χ4v) is 1.01. The Labute approximate surface area is 77.3 Å². The van der Waals surface area contributed by atoms with Crippen molar-refractivity contribution in [3.63, 3.8) is 0 Å². The van der Waals surface area contributed by atoms with Gasteiger partial charge in [-0.1, -0.05) is 20.8 Å². The Morgan fingerprint density at radius 2 is 1.38 bits per heavy atom. The first-order valence-electron chi connectivity index (χ1n) is 4.12. The predicted molar refractivity (Wildman–Crippen MR) is 45.5 cm³/mol. The second kappa shape index (κ2) is 3.48. The van der Waals surface area contributed by atoms with Gasteiger partial charge in [-0.3, -0.25) is 0 Å². The van der Waals surface area contributed by atoms with E-state index >= 15 is 0 Å². The average molecular weight is 198 g/mol. The molecule has 0 N–H and O–H groups in total. The first-order valence-corrected chi connectivity index (χ1v) is 4.12. The van der Waals surface area contributed by atoms with Gasteiger partial charge in [0.15, 0.2) is 0 Å². The minimum atomic E-state index is -4.23. The fourth-order valence-electron chi connectivity index (χ4n) is 1.01. The summed E-state index contributed by atoms with van der Waals surface area (Å²) < 4.78 is 42.8. The normalized spacial score (nSPS) is 18.5. The van der Waals surface area contributed by atoms with Gasteiger partial charge in [-0.15, -0.1) is 0 Å². The smallest absolute Gasteiger partial charge is 0.384 e. The molecule has 0 aromatic heterocycles. The molecule has 0 aliphatic rings. The van der Waals surface area contributed by atoms with Gasteiger partial charge in [-0.05, 0) is 12.3 Å². The molecule has 0 saturated heterocycles. The molecule has 0 aromatic rings. The first-order chi connectivity index (χ1) is 5.56. The Bertz CT molecular complexity index is 153. The van der Waals surface area contributed by atoms with E-state index in [1.165, 1.54) is 14.0 Å². The largest absolute Gasteiger partial charge is 0.396 e. The molecular formula is C9H17F3O. The SMILES string of the molecule is COCC(C)(C(C)(C)C)C(F)(F)F. The van der Waals surface area contributed by atoms with Crippen LogP contribution in [0.25, 0.3) is 0 Å². The Balaban J connectivity index is 4.96. The monoisotopic (exact) mass is 198 g/mol. The average Bonchev–Trinajstić information content (AvgIpc) is 1.82. The highest BCUT2D eigenvalue weighted by molar-refractivity contribution is 4.92. The molecule has 0 aromatic carbocycles. The highest BCUT2D eigenvalue weighted by Crippen LogP contribution is 2.50. The highest BCUT2D eigenvalue weighted by Gasteiger charge is 2.57. The third-order valence-corrected chi connectivity index (χ3v) is 2.71. The van der Waals surface area contributed by atoms with E-state index in [1.807, 2.05) is 0 Å². The van der Waals surface area contributed by atoms with Crippen LogP contribution in [0.2, 0.25) is 0 Å². The van der Waals surface area contributed by atoms with Crippen LogP contribution in [-0.4, -0.2) is 19.9 Å². The second-order valence-electron chi connectivity index (χ2n) is 4.51. The summed E-state index contributed by atoms with van der Waals surface area (Å²) in [6.07, 6.45) is -4.23. The molecule has 0 amide bonds. The summed E-state index contributed by atoms with van der Waals surface area (Å²) in [6.45, 7) is 5.59. The van der Waals surface area contributed by atoms with Crippen LogP contribution in [0.4, 0.5) is 13.2 Å². The van der Waals surface area contributed by atoms with Crippen molar-refractivity contribution < 1.29 is 17.9 Å². The summed E-state index contributed by atoms with van der Waals surface area (Å²) in [5.74, 6) is 0. The summed E-state index contributed by atoms with van der Waals surface area (Å²) in [5.41, 5.74) is -2.66. The zero-order chi connectivity index (χ0) is 10.9. The molecule has 0 rings (SSSR count). The van der Waals surface area contributed by atoms with Crippen LogP contribution < -0.4 is 0 Å². The minimum Gasteiger partial charge on any atom is -0.384 e. The Hall–Kier alpha value is -0.250. The lowest BCUT2D eigenvalue weighted by atomic mass is 9.68. The lowest BCUT2D eigenvalue weighted by Gasteiger charge is -2.42. The number of rotatable bonds is 2. The van der Waals surface area contributed by atoms with Crippen molar-refractivity contribution in [3.05, 3.63) is 0 Å². The maximum atomic E-state index is 12.7. The molecule has 13 heavy (non-hydrogen) atoms. The molecule has 0 aliphatic carbocycles. The molecule has 0 fully saturated rings. The molecular weight excluding hydrogens is 181 g/mol. The molecule has 1 unspecified atom stereocenters. The molecule has 0 heterocycles. The topological polar surface area (TPSA) is 9.23 Å². The Morgan fingerprint density at radius 3 is 1.46 bits per heavy atom. The van der Waals surface area contributed by atoms with Crippen LogP contribution in [0.3, 0.4) is 0 Å². The van der Waals surface area contributed by atoms with Gasteiger partial charge in [0.1, 0.15) is 0 Å². The van der Waals surface area contributed by atoms with E-state index in [0.29, 0.717) is 0 Å². The lowest BCUT2D eigenvalue weighted by molar-refractivity contribution is -0.264. The molecule has 0 saturated carbocycles. The van der Waals surface area contributed by atoms with Crippen molar-refractivity contribution in [2.45, 2.75) is 33.9 Å². The Morgan fingerprint density at radius 1 is 1.00 bits per heavy atom. The molecule has 0 radical (unpaired) electrons. The van der Waals surface area contributed by atoms with E-state index < -0.39 is 17.0 Å². The van der Waals surface area contributed by atoms with Crippen molar-refractivity contribution >= 4 is 0 Å². The predicted octanol–water partition coefficient (Wildman–Crippen LogP) is 3.25. The number of hydrogen-bond donors (Lipinski definition) is 0. The van der Waals surface area contributed by atoms with Gasteiger partial charge in [0.05, 0.1) is 12.0 Å². The molecule has 4 heteroatoms. The number of halogens is 3. The van der Waals surface area contributed by atoms with Crippen LogP contribution >= 0.6 is 0 Å². The van der Waals surface area contributed by atoms with Crippen LogP contribution in [-0.2, 0) is 4.74 Å². The second-order valence-corrected chi connectivity index (χ2v) is 4.51. The molecule has 1 atom stereocenters. The number of methoxy groups -OCH3 is 1. The van der Waals surface area contributed by atoms with E-state index in [4.69, 9.17) is 0 Å². The zero-order valence-electron chi connectivity index (χ0n) is 8.75. The fraction of sp³-hybridized carbons (Fsp3) is 1.00. The van der Waals surface area contributed by atoms with Crippen LogP contribution in [0.15, 0.2) is 0 Å². The molecule has 0 aliphatic heterocycles. The number of ether oxygens (including phenoxy) is 1. The number of hydrogen-bond acceptors (Lipinski definition) is 1. The van der Waals surface area contributed by atoms with Gasteiger partial charge in [-0.2, -0.15) is 13.2 Å². The first kappa shape index (κ1) is 12.8. The van der Waals surface area contributed by atoms with Crippen molar-refractivity contribution in [3.8, 4) is 0 Å². The maximum Gasteiger partial charge on any atom is 0.396 e. The van der Waals surface area contributed by atoms with Gasteiger partial charge < -0.3 is 4.74 Å². The van der Waals surface area contributed by atoms with E-state index in [1.54, 1.807) is 20.8 Å². The van der Waals surface area contributed by atoms with Crippen molar-refractivity contribution in [2.24, 2.45) is 10.8 Å². The highest BCUT2D eigenvalue weighted by atomic mass is 19.4. The zero-order valence-corrected chi connectivity index (χ0v) is 8.75. The van der Waals surface area contributed by atoms with E-state index in [2.05, 4.69) is 4.74 Å². The van der Waals surface area contributed by atoms with Crippen molar-refractivity contribution in [2.75, 3.05) is 13.7 Å². The van der Waals surface area contributed by atoms with E-state index in [-0.39, 0.29) is 6.61 Å². The van der Waals surface area contributed by atoms with Crippen molar-refractivity contribution in [1.29, 1.82) is 0 Å². The van der Waals surface area contributed by atoms with Gasteiger partial charge in [-0.25, -0.2) is 0 Å².